The van der Waals surface area contributed by atoms with Crippen molar-refractivity contribution in [3.8, 4) is 6.07 Å². The number of carbonyl (C=O) groups excluding carboxylic acids is 1. The zero-order chi connectivity index (χ0) is 12.1. The second kappa shape index (κ2) is 5.87. The Morgan fingerprint density at radius 2 is 1.53 bits per heavy atom. The van der Waals surface area contributed by atoms with Gasteiger partial charge in [-0.25, -0.2) is 4.79 Å². The van der Waals surface area contributed by atoms with Gasteiger partial charge in [0.1, 0.15) is 0 Å². The summed E-state index contributed by atoms with van der Waals surface area (Å²) >= 11 is 0. The van der Waals surface area contributed by atoms with Crippen molar-refractivity contribution >= 4 is 6.03 Å². The lowest BCUT2D eigenvalue weighted by atomic mass is 10.1. The van der Waals surface area contributed by atoms with Gasteiger partial charge in [-0.1, -0.05) is 0 Å². The summed E-state index contributed by atoms with van der Waals surface area (Å²) in [5, 5.41) is 8.62. The molecule has 5 heteroatoms. The number of urea groups is 1. The molecule has 0 aromatic rings. The zero-order valence-corrected chi connectivity index (χ0v) is 10.3. The average Bonchev–Trinajstić information content (AvgIpc) is 2.40. The van der Waals surface area contributed by atoms with E-state index in [1.165, 1.54) is 6.42 Å². The van der Waals surface area contributed by atoms with E-state index in [9.17, 15) is 4.79 Å². The Bertz CT molecular complexity index is 298. The normalized spacial score (nSPS) is 22.3. The molecule has 5 nitrogen and oxygen atoms in total. The fourth-order valence-corrected chi connectivity index (χ4v) is 2.48. The molecule has 0 unspecified atom stereocenters. The van der Waals surface area contributed by atoms with Gasteiger partial charge in [-0.05, 0) is 19.3 Å². The molecule has 94 valence electrons. The van der Waals surface area contributed by atoms with Crippen molar-refractivity contribution in [3.63, 3.8) is 0 Å². The maximum atomic E-state index is 12.2. The molecule has 0 aromatic heterocycles. The molecule has 2 fully saturated rings. The van der Waals surface area contributed by atoms with Crippen molar-refractivity contribution in [1.29, 1.82) is 5.26 Å². The van der Waals surface area contributed by atoms with Gasteiger partial charge < -0.3 is 9.80 Å². The molecule has 2 amide bonds. The van der Waals surface area contributed by atoms with Gasteiger partial charge >= 0.3 is 6.03 Å². The molecule has 2 rings (SSSR count). The van der Waals surface area contributed by atoms with Gasteiger partial charge in [-0.3, -0.25) is 4.90 Å². The van der Waals surface area contributed by atoms with Gasteiger partial charge in [0.2, 0.25) is 0 Å². The first-order valence-electron chi connectivity index (χ1n) is 6.44. The van der Waals surface area contributed by atoms with Gasteiger partial charge in [0.15, 0.2) is 0 Å². The van der Waals surface area contributed by atoms with E-state index in [0.717, 1.165) is 52.1 Å². The molecule has 2 aliphatic rings. The summed E-state index contributed by atoms with van der Waals surface area (Å²) < 4.78 is 0. The maximum Gasteiger partial charge on any atom is 0.320 e. The lowest BCUT2D eigenvalue weighted by molar-refractivity contribution is 0.112. The van der Waals surface area contributed by atoms with E-state index in [0.29, 0.717) is 6.54 Å². The number of nitrogens with zero attached hydrogens (tertiary/aromatic N) is 4. The standard InChI is InChI=1S/C12H20N4O/c13-4-7-14-8-10-16(11-9-14)12(17)15-5-2-1-3-6-15/h1-3,5-11H2. The largest absolute Gasteiger partial charge is 0.325 e. The highest BCUT2D eigenvalue weighted by molar-refractivity contribution is 5.74. The lowest BCUT2D eigenvalue weighted by Gasteiger charge is -2.37. The monoisotopic (exact) mass is 236 g/mol. The van der Waals surface area contributed by atoms with Crippen LogP contribution in [0, 0.1) is 11.3 Å². The highest BCUT2D eigenvalue weighted by atomic mass is 16.2. The molecule has 0 atom stereocenters. The fraction of sp³-hybridized carbons (Fsp3) is 0.833. The molecular formula is C12H20N4O. The Morgan fingerprint density at radius 1 is 0.941 bits per heavy atom. The molecule has 0 radical (unpaired) electrons. The Morgan fingerprint density at radius 3 is 2.12 bits per heavy atom. The Hall–Kier alpha value is -1.28. The minimum Gasteiger partial charge on any atom is -0.325 e. The van der Waals surface area contributed by atoms with Crippen LogP contribution in [0.3, 0.4) is 0 Å². The van der Waals surface area contributed by atoms with Gasteiger partial charge in [0.25, 0.3) is 0 Å². The van der Waals surface area contributed by atoms with Crippen molar-refractivity contribution < 1.29 is 4.79 Å². The van der Waals surface area contributed by atoms with E-state index in [2.05, 4.69) is 11.0 Å². The predicted molar refractivity (Wildman–Crippen MR) is 64.4 cm³/mol. The van der Waals surface area contributed by atoms with Gasteiger partial charge in [-0.2, -0.15) is 5.26 Å². The van der Waals surface area contributed by atoms with Crippen LogP contribution in [-0.4, -0.2) is 66.5 Å². The summed E-state index contributed by atoms with van der Waals surface area (Å²) in [5.74, 6) is 0. The molecule has 0 saturated carbocycles. The van der Waals surface area contributed by atoms with Gasteiger partial charge in [0, 0.05) is 39.3 Å². The van der Waals surface area contributed by atoms with Crippen LogP contribution in [0.2, 0.25) is 0 Å². The van der Waals surface area contributed by atoms with E-state index in [-0.39, 0.29) is 6.03 Å². The summed E-state index contributed by atoms with van der Waals surface area (Å²) in [5.41, 5.74) is 0. The highest BCUT2D eigenvalue weighted by Crippen LogP contribution is 2.12. The van der Waals surface area contributed by atoms with Crippen LogP contribution >= 0.6 is 0 Å². The molecule has 0 spiro atoms. The van der Waals surface area contributed by atoms with E-state index >= 15 is 0 Å². The fourth-order valence-electron chi connectivity index (χ4n) is 2.48. The summed E-state index contributed by atoms with van der Waals surface area (Å²) in [6.45, 7) is 5.48. The van der Waals surface area contributed by atoms with Crippen molar-refractivity contribution in [2.75, 3.05) is 45.8 Å². The zero-order valence-electron chi connectivity index (χ0n) is 10.3. The molecule has 2 saturated heterocycles. The van der Waals surface area contributed by atoms with Crippen LogP contribution in [0.5, 0.6) is 0 Å². The Balaban J connectivity index is 1.79. The Kier molecular flexibility index (Phi) is 4.21. The third-order valence-electron chi connectivity index (χ3n) is 3.56. The summed E-state index contributed by atoms with van der Waals surface area (Å²) in [6, 6.07) is 2.35. The van der Waals surface area contributed by atoms with Crippen LogP contribution in [0.4, 0.5) is 4.79 Å². The number of likely N-dealkylation sites (tertiary alicyclic amines) is 1. The minimum atomic E-state index is 0.196. The average molecular weight is 236 g/mol. The van der Waals surface area contributed by atoms with E-state index in [4.69, 9.17) is 5.26 Å². The molecule has 0 N–H and O–H groups in total. The number of rotatable bonds is 1. The first-order valence-corrected chi connectivity index (χ1v) is 6.44. The van der Waals surface area contributed by atoms with Crippen molar-refractivity contribution in [3.05, 3.63) is 0 Å². The number of carbonyl (C=O) groups is 1. The van der Waals surface area contributed by atoms with Crippen LogP contribution < -0.4 is 0 Å². The number of nitriles is 1. The second-order valence-corrected chi connectivity index (χ2v) is 4.75. The van der Waals surface area contributed by atoms with Gasteiger partial charge in [0.05, 0.1) is 12.6 Å². The highest BCUT2D eigenvalue weighted by Gasteiger charge is 2.25. The first-order chi connectivity index (χ1) is 8.31. The van der Waals surface area contributed by atoms with E-state index in [1.54, 1.807) is 0 Å². The number of piperidine rings is 1. The third kappa shape index (κ3) is 3.10. The van der Waals surface area contributed by atoms with Crippen molar-refractivity contribution in [2.45, 2.75) is 19.3 Å². The van der Waals surface area contributed by atoms with Gasteiger partial charge in [-0.15, -0.1) is 0 Å². The van der Waals surface area contributed by atoms with Crippen LogP contribution in [-0.2, 0) is 0 Å². The molecular weight excluding hydrogens is 216 g/mol. The first kappa shape index (κ1) is 12.2. The molecule has 2 heterocycles. The van der Waals surface area contributed by atoms with E-state index in [1.807, 2.05) is 9.80 Å². The number of piperazine rings is 1. The maximum absolute atomic E-state index is 12.2. The predicted octanol–water partition coefficient (Wildman–Crippen LogP) is 0.733. The third-order valence-corrected chi connectivity index (χ3v) is 3.56. The van der Waals surface area contributed by atoms with Crippen molar-refractivity contribution in [1.82, 2.24) is 14.7 Å². The SMILES string of the molecule is N#CCN1CCN(C(=O)N2CCCCC2)CC1. The number of hydrogen-bond acceptors (Lipinski definition) is 3. The van der Waals surface area contributed by atoms with E-state index < -0.39 is 0 Å². The van der Waals surface area contributed by atoms with Crippen LogP contribution in [0.1, 0.15) is 19.3 Å². The lowest BCUT2D eigenvalue weighted by Crippen LogP contribution is -2.53. The topological polar surface area (TPSA) is 50.6 Å². The summed E-state index contributed by atoms with van der Waals surface area (Å²) in [7, 11) is 0. The quantitative estimate of drug-likeness (QED) is 0.631. The number of amides is 2. The molecule has 0 aliphatic carbocycles. The minimum absolute atomic E-state index is 0.196. The molecule has 2 aliphatic heterocycles. The van der Waals surface area contributed by atoms with Crippen LogP contribution in [0.25, 0.3) is 0 Å². The smallest absolute Gasteiger partial charge is 0.320 e. The molecule has 17 heavy (non-hydrogen) atoms. The Labute approximate surface area is 103 Å². The van der Waals surface area contributed by atoms with Crippen molar-refractivity contribution in [2.24, 2.45) is 0 Å². The second-order valence-electron chi connectivity index (χ2n) is 4.75. The summed E-state index contributed by atoms with van der Waals surface area (Å²) in [4.78, 5) is 18.2. The summed E-state index contributed by atoms with van der Waals surface area (Å²) in [6.07, 6.45) is 3.53. The molecule has 0 aromatic carbocycles. The molecule has 0 bridgehead atoms. The van der Waals surface area contributed by atoms with Crippen LogP contribution in [0.15, 0.2) is 0 Å². The number of hydrogen-bond donors (Lipinski definition) is 0.